The molecule has 0 bridgehead atoms. The largest absolute Gasteiger partial charge is 0.393 e. The zero-order valence-electron chi connectivity index (χ0n) is 20.0. The Kier molecular flexibility index (Phi) is 6.86. The van der Waals surface area contributed by atoms with Gasteiger partial charge in [-0.2, -0.15) is 0 Å². The molecule has 0 aromatic carbocycles. The molecule has 7 atom stereocenters. The zero-order valence-corrected chi connectivity index (χ0v) is 20.0. The molecule has 4 fully saturated rings. The van der Waals surface area contributed by atoms with E-state index in [0.29, 0.717) is 17.8 Å². The van der Waals surface area contributed by atoms with Gasteiger partial charge in [0.15, 0.2) is 6.29 Å². The average Bonchev–Trinajstić information content (AvgIpc) is 3.47. The number of carbonyl (C=O) groups is 1. The maximum absolute atomic E-state index is 13.0. The van der Waals surface area contributed by atoms with Crippen LogP contribution in [0.15, 0.2) is 12.2 Å². The molecule has 1 aliphatic heterocycles. The number of aliphatic hydroxyl groups excluding tert-OH is 1. The van der Waals surface area contributed by atoms with Gasteiger partial charge >= 0.3 is 0 Å². The predicted octanol–water partition coefficient (Wildman–Crippen LogP) is 4.54. The lowest BCUT2D eigenvalue weighted by atomic mass is 9.62. The fraction of sp³-hybridized carbons (Fsp3) is 0.885. The first kappa shape index (κ1) is 23.3. The molecule has 1 heterocycles. The number of hydrogen-bond acceptors (Lipinski definition) is 4. The summed E-state index contributed by atoms with van der Waals surface area (Å²) in [6, 6.07) is 0. The number of amides is 1. The summed E-state index contributed by atoms with van der Waals surface area (Å²) < 4.78 is 12.3. The Balaban J connectivity index is 1.50. The van der Waals surface area contributed by atoms with Crippen molar-refractivity contribution in [3.8, 4) is 0 Å². The Morgan fingerprint density at radius 3 is 2.52 bits per heavy atom. The summed E-state index contributed by atoms with van der Waals surface area (Å²) in [4.78, 5) is 14.7. The van der Waals surface area contributed by atoms with Crippen molar-refractivity contribution in [2.75, 3.05) is 20.7 Å². The predicted molar refractivity (Wildman–Crippen MR) is 121 cm³/mol. The number of carbonyl (C=O) groups excluding carboxylic acids is 1. The minimum Gasteiger partial charge on any atom is -0.393 e. The normalized spacial score (nSPS) is 39.1. The first-order chi connectivity index (χ1) is 14.8. The average molecular weight is 434 g/mol. The molecule has 1 saturated heterocycles. The van der Waals surface area contributed by atoms with E-state index in [1.807, 2.05) is 14.1 Å². The smallest absolute Gasteiger partial charge is 0.231 e. The molecule has 5 heteroatoms. The fourth-order valence-electron chi connectivity index (χ4n) is 7.01. The summed E-state index contributed by atoms with van der Waals surface area (Å²) in [7, 11) is 3.69. The second-order valence-corrected chi connectivity index (χ2v) is 11.2. The molecular formula is C26H43NO4. The molecular weight excluding hydrogens is 390 g/mol. The number of rotatable bonds is 7. The third-order valence-corrected chi connectivity index (χ3v) is 8.99. The molecule has 1 amide bonds. The molecule has 2 unspecified atom stereocenters. The van der Waals surface area contributed by atoms with E-state index in [2.05, 4.69) is 26.0 Å². The standard InChI is InChI=1S/C26H43NO4/c1-18(19-11-12-20-21(28)8-7-14-25(19,20)2)10-13-22(31-23-9-5-6-17-30-23)26(15-16-26)24(29)27(3)4/h10,13,18-23,28H,5-9,11-12,14-17H2,1-4H3/b13-10+/t18-,19?,20+,21?,22-,23-,25-/m1/s1. The van der Waals surface area contributed by atoms with E-state index in [1.54, 1.807) is 4.90 Å². The van der Waals surface area contributed by atoms with E-state index in [9.17, 15) is 9.90 Å². The lowest BCUT2D eigenvalue weighted by Gasteiger charge is -2.44. The SMILES string of the molecule is C[C@H](/C=C/[C@@H](O[C@@H]1CCCCO1)C1(C(=O)N(C)C)CC1)C1CC[C@H]2C(O)CCC[C@]12C. The van der Waals surface area contributed by atoms with Crippen molar-refractivity contribution < 1.29 is 19.4 Å². The molecule has 3 saturated carbocycles. The van der Waals surface area contributed by atoms with E-state index in [0.717, 1.165) is 58.0 Å². The van der Waals surface area contributed by atoms with Crippen LogP contribution in [-0.2, 0) is 14.3 Å². The van der Waals surface area contributed by atoms with Crippen LogP contribution in [0.25, 0.3) is 0 Å². The Bertz CT molecular complexity index is 666. The molecule has 0 aromatic heterocycles. The third-order valence-electron chi connectivity index (χ3n) is 8.99. The van der Waals surface area contributed by atoms with Gasteiger partial charge in [0.05, 0.1) is 17.6 Å². The van der Waals surface area contributed by atoms with Gasteiger partial charge in [-0.25, -0.2) is 0 Å². The summed E-state index contributed by atoms with van der Waals surface area (Å²) in [5.41, 5.74) is -0.204. The van der Waals surface area contributed by atoms with E-state index >= 15 is 0 Å². The lowest BCUT2D eigenvalue weighted by Crippen LogP contribution is -2.42. The van der Waals surface area contributed by atoms with E-state index in [4.69, 9.17) is 9.47 Å². The Hall–Kier alpha value is -0.910. The van der Waals surface area contributed by atoms with Crippen LogP contribution in [0.1, 0.15) is 78.1 Å². The van der Waals surface area contributed by atoms with Crippen LogP contribution in [-0.4, -0.2) is 55.1 Å². The van der Waals surface area contributed by atoms with Crippen molar-refractivity contribution in [1.82, 2.24) is 4.90 Å². The summed E-state index contributed by atoms with van der Waals surface area (Å²) >= 11 is 0. The number of fused-ring (bicyclic) bond motifs is 1. The Morgan fingerprint density at radius 1 is 1.10 bits per heavy atom. The number of allylic oxidation sites excluding steroid dienone is 1. The monoisotopic (exact) mass is 433 g/mol. The first-order valence-electron chi connectivity index (χ1n) is 12.6. The summed E-state index contributed by atoms with van der Waals surface area (Å²) in [6.07, 6.45) is 14.5. The van der Waals surface area contributed by atoms with Gasteiger partial charge in [0.1, 0.15) is 0 Å². The van der Waals surface area contributed by atoms with Gasteiger partial charge in [0, 0.05) is 20.7 Å². The molecule has 4 rings (SSSR count). The van der Waals surface area contributed by atoms with Crippen LogP contribution in [0.5, 0.6) is 0 Å². The van der Waals surface area contributed by atoms with E-state index in [-0.39, 0.29) is 29.8 Å². The molecule has 5 nitrogen and oxygen atoms in total. The van der Waals surface area contributed by atoms with Gasteiger partial charge in [-0.05, 0) is 81.0 Å². The fourth-order valence-corrected chi connectivity index (χ4v) is 7.01. The molecule has 4 aliphatic rings. The van der Waals surface area contributed by atoms with Crippen molar-refractivity contribution >= 4 is 5.91 Å². The van der Waals surface area contributed by atoms with E-state index < -0.39 is 5.41 Å². The number of ether oxygens (including phenoxy) is 2. The van der Waals surface area contributed by atoms with Gasteiger partial charge in [-0.1, -0.05) is 32.4 Å². The number of aliphatic hydroxyl groups is 1. The highest BCUT2D eigenvalue weighted by molar-refractivity contribution is 5.86. The quantitative estimate of drug-likeness (QED) is 0.599. The zero-order chi connectivity index (χ0) is 22.2. The Morgan fingerprint density at radius 2 is 1.87 bits per heavy atom. The van der Waals surface area contributed by atoms with Gasteiger partial charge in [-0.3, -0.25) is 4.79 Å². The van der Waals surface area contributed by atoms with Crippen molar-refractivity contribution in [2.45, 2.75) is 96.6 Å². The molecule has 0 radical (unpaired) electrons. The number of hydrogen-bond donors (Lipinski definition) is 1. The summed E-state index contributed by atoms with van der Waals surface area (Å²) in [5, 5.41) is 10.6. The maximum atomic E-state index is 13.0. The van der Waals surface area contributed by atoms with Crippen LogP contribution in [0.3, 0.4) is 0 Å². The van der Waals surface area contributed by atoms with E-state index in [1.165, 1.54) is 12.8 Å². The van der Waals surface area contributed by atoms with Crippen molar-refractivity contribution in [3.63, 3.8) is 0 Å². The molecule has 31 heavy (non-hydrogen) atoms. The van der Waals surface area contributed by atoms with Gasteiger partial charge in [0.25, 0.3) is 0 Å². The highest BCUT2D eigenvalue weighted by atomic mass is 16.7. The van der Waals surface area contributed by atoms with Gasteiger partial charge < -0.3 is 19.5 Å². The second-order valence-electron chi connectivity index (χ2n) is 11.2. The van der Waals surface area contributed by atoms with Crippen LogP contribution < -0.4 is 0 Å². The lowest BCUT2D eigenvalue weighted by molar-refractivity contribution is -0.193. The second kappa shape index (κ2) is 9.15. The number of nitrogens with zero attached hydrogens (tertiary/aromatic N) is 1. The highest BCUT2D eigenvalue weighted by Gasteiger charge is 2.57. The third kappa shape index (κ3) is 4.47. The van der Waals surface area contributed by atoms with Gasteiger partial charge in [-0.15, -0.1) is 0 Å². The Labute approximate surface area is 188 Å². The van der Waals surface area contributed by atoms with Crippen LogP contribution in [0, 0.1) is 28.6 Å². The molecule has 176 valence electrons. The maximum Gasteiger partial charge on any atom is 0.231 e. The minimum absolute atomic E-state index is 0.132. The minimum atomic E-state index is -0.427. The molecule has 3 aliphatic carbocycles. The van der Waals surface area contributed by atoms with Crippen LogP contribution in [0.2, 0.25) is 0 Å². The van der Waals surface area contributed by atoms with Crippen LogP contribution in [0.4, 0.5) is 0 Å². The van der Waals surface area contributed by atoms with Crippen molar-refractivity contribution in [1.29, 1.82) is 0 Å². The molecule has 1 N–H and O–H groups in total. The van der Waals surface area contributed by atoms with Crippen molar-refractivity contribution in [3.05, 3.63) is 12.2 Å². The summed E-state index contributed by atoms with van der Waals surface area (Å²) in [6.45, 7) is 5.47. The summed E-state index contributed by atoms with van der Waals surface area (Å²) in [5.74, 6) is 1.60. The molecule has 0 spiro atoms. The first-order valence-corrected chi connectivity index (χ1v) is 12.6. The van der Waals surface area contributed by atoms with Crippen LogP contribution >= 0.6 is 0 Å². The molecule has 0 aromatic rings. The van der Waals surface area contributed by atoms with Gasteiger partial charge in [0.2, 0.25) is 5.91 Å². The highest BCUT2D eigenvalue weighted by Crippen LogP contribution is 2.58. The topological polar surface area (TPSA) is 59.0 Å². The van der Waals surface area contributed by atoms with Crippen molar-refractivity contribution in [2.24, 2.45) is 28.6 Å².